The number of halogens is 1. The quantitative estimate of drug-likeness (QED) is 0.916. The molecule has 3 rings (SSSR count). The molecular formula is C19H20FNO3. The van der Waals surface area contributed by atoms with Crippen molar-refractivity contribution in [3.63, 3.8) is 0 Å². The van der Waals surface area contributed by atoms with E-state index in [1.807, 2.05) is 38.1 Å². The van der Waals surface area contributed by atoms with Crippen LogP contribution >= 0.6 is 0 Å². The molecule has 0 spiro atoms. The number of ether oxygens (including phenoxy) is 2. The summed E-state index contributed by atoms with van der Waals surface area (Å²) in [4.78, 5) is 12.4. The van der Waals surface area contributed by atoms with Crippen molar-refractivity contribution in [2.24, 2.45) is 0 Å². The van der Waals surface area contributed by atoms with Crippen molar-refractivity contribution in [3.05, 3.63) is 59.9 Å². The largest absolute Gasteiger partial charge is 0.491 e. The van der Waals surface area contributed by atoms with Crippen molar-refractivity contribution in [1.82, 2.24) is 5.32 Å². The average molecular weight is 329 g/mol. The molecule has 24 heavy (non-hydrogen) atoms. The molecule has 3 atom stereocenters. The molecule has 0 fully saturated rings. The minimum atomic E-state index is -0.532. The van der Waals surface area contributed by atoms with E-state index in [1.54, 1.807) is 12.1 Å². The smallest absolute Gasteiger partial charge is 0.262 e. The fourth-order valence-electron chi connectivity index (χ4n) is 2.77. The third-order valence-electron chi connectivity index (χ3n) is 4.08. The van der Waals surface area contributed by atoms with Gasteiger partial charge in [0.25, 0.3) is 5.91 Å². The Bertz CT molecular complexity index is 717. The zero-order chi connectivity index (χ0) is 17.1. The van der Waals surface area contributed by atoms with Crippen LogP contribution in [0.4, 0.5) is 4.39 Å². The van der Waals surface area contributed by atoms with Crippen LogP contribution in [-0.4, -0.2) is 24.7 Å². The fraction of sp³-hybridized carbons (Fsp3) is 0.316. The van der Waals surface area contributed by atoms with Crippen LogP contribution in [0, 0.1) is 5.82 Å². The molecule has 1 aliphatic heterocycles. The molecule has 126 valence electrons. The molecule has 0 saturated carbocycles. The first kappa shape index (κ1) is 16.3. The molecule has 0 bridgehead atoms. The monoisotopic (exact) mass is 329 g/mol. The van der Waals surface area contributed by atoms with Gasteiger partial charge in [-0.05, 0) is 37.3 Å². The summed E-state index contributed by atoms with van der Waals surface area (Å²) in [5.74, 6) is 0.867. The number of carbonyl (C=O) groups excluding carboxylic acids is 1. The van der Waals surface area contributed by atoms with Gasteiger partial charge in [0, 0.05) is 11.5 Å². The van der Waals surface area contributed by atoms with E-state index >= 15 is 0 Å². The lowest BCUT2D eigenvalue weighted by molar-refractivity contribution is -0.128. The maximum absolute atomic E-state index is 12.9. The highest BCUT2D eigenvalue weighted by Crippen LogP contribution is 2.37. The summed E-state index contributed by atoms with van der Waals surface area (Å²) < 4.78 is 24.2. The Balaban J connectivity index is 1.52. The zero-order valence-corrected chi connectivity index (χ0v) is 13.7. The van der Waals surface area contributed by atoms with Crippen molar-refractivity contribution in [1.29, 1.82) is 0 Å². The Morgan fingerprint density at radius 1 is 1.25 bits per heavy atom. The second kappa shape index (κ2) is 6.91. The van der Waals surface area contributed by atoms with Gasteiger partial charge >= 0.3 is 0 Å². The van der Waals surface area contributed by atoms with E-state index < -0.39 is 6.10 Å². The van der Waals surface area contributed by atoms with E-state index in [9.17, 15) is 9.18 Å². The number of hydrogen-bond acceptors (Lipinski definition) is 3. The lowest BCUT2D eigenvalue weighted by atomic mass is 9.97. The van der Waals surface area contributed by atoms with Gasteiger partial charge in [0.2, 0.25) is 0 Å². The molecule has 1 aliphatic rings. The van der Waals surface area contributed by atoms with Gasteiger partial charge < -0.3 is 14.8 Å². The van der Waals surface area contributed by atoms with Crippen LogP contribution in [0.15, 0.2) is 48.5 Å². The van der Waals surface area contributed by atoms with Crippen LogP contribution in [0.25, 0.3) is 0 Å². The fourth-order valence-corrected chi connectivity index (χ4v) is 2.77. The standard InChI is InChI=1S/C19H20FNO3/c1-12(11-23-15-9-7-14(20)8-10-15)21-19(22)18-13(2)16-5-3-4-6-17(16)24-18/h3-10,12-13,18H,11H2,1-2H3,(H,21,22). The van der Waals surface area contributed by atoms with Crippen molar-refractivity contribution in [2.75, 3.05) is 6.61 Å². The van der Waals surface area contributed by atoms with E-state index in [-0.39, 0.29) is 23.7 Å². The number of carbonyl (C=O) groups is 1. The second-order valence-corrected chi connectivity index (χ2v) is 6.04. The molecule has 2 aromatic rings. The molecular weight excluding hydrogens is 309 g/mol. The van der Waals surface area contributed by atoms with Gasteiger partial charge in [-0.25, -0.2) is 4.39 Å². The van der Waals surface area contributed by atoms with Crippen molar-refractivity contribution in [2.45, 2.75) is 31.9 Å². The predicted octanol–water partition coefficient (Wildman–Crippen LogP) is 3.27. The van der Waals surface area contributed by atoms with Gasteiger partial charge in [-0.3, -0.25) is 4.79 Å². The van der Waals surface area contributed by atoms with E-state index in [1.165, 1.54) is 12.1 Å². The summed E-state index contributed by atoms with van der Waals surface area (Å²) in [7, 11) is 0. The van der Waals surface area contributed by atoms with Gasteiger partial charge in [-0.15, -0.1) is 0 Å². The zero-order valence-electron chi connectivity index (χ0n) is 13.7. The summed E-state index contributed by atoms with van der Waals surface area (Å²) in [5, 5.41) is 2.91. The molecule has 2 aromatic carbocycles. The summed E-state index contributed by atoms with van der Waals surface area (Å²) >= 11 is 0. The molecule has 0 saturated heterocycles. The maximum Gasteiger partial charge on any atom is 0.262 e. The molecule has 1 N–H and O–H groups in total. The first-order chi connectivity index (χ1) is 11.5. The van der Waals surface area contributed by atoms with Gasteiger partial charge in [0.15, 0.2) is 6.10 Å². The van der Waals surface area contributed by atoms with E-state index in [0.717, 1.165) is 11.3 Å². The molecule has 1 amide bonds. The first-order valence-corrected chi connectivity index (χ1v) is 7.99. The van der Waals surface area contributed by atoms with Crippen LogP contribution in [0.5, 0.6) is 11.5 Å². The Kier molecular flexibility index (Phi) is 4.69. The molecule has 3 unspecified atom stereocenters. The third-order valence-corrected chi connectivity index (χ3v) is 4.08. The molecule has 5 heteroatoms. The van der Waals surface area contributed by atoms with Crippen LogP contribution in [0.1, 0.15) is 25.3 Å². The highest BCUT2D eigenvalue weighted by Gasteiger charge is 2.36. The SMILES string of the molecule is CC(COc1ccc(F)cc1)NC(=O)C1Oc2ccccc2C1C. The van der Waals surface area contributed by atoms with Gasteiger partial charge in [0.1, 0.15) is 23.9 Å². The van der Waals surface area contributed by atoms with Gasteiger partial charge in [-0.2, -0.15) is 0 Å². The molecule has 4 nitrogen and oxygen atoms in total. The van der Waals surface area contributed by atoms with Gasteiger partial charge in [-0.1, -0.05) is 25.1 Å². The lowest BCUT2D eigenvalue weighted by Gasteiger charge is -2.19. The number of rotatable bonds is 5. The average Bonchev–Trinajstić information content (AvgIpc) is 2.92. The van der Waals surface area contributed by atoms with Crippen molar-refractivity contribution in [3.8, 4) is 11.5 Å². The summed E-state index contributed by atoms with van der Waals surface area (Å²) in [6, 6.07) is 13.3. The Labute approximate surface area is 140 Å². The number of hydrogen-bond donors (Lipinski definition) is 1. The Morgan fingerprint density at radius 2 is 1.96 bits per heavy atom. The minimum Gasteiger partial charge on any atom is -0.491 e. The number of fused-ring (bicyclic) bond motifs is 1. The van der Waals surface area contributed by atoms with Gasteiger partial charge in [0.05, 0.1) is 6.04 Å². The summed E-state index contributed by atoms with van der Waals surface area (Å²) in [6.45, 7) is 4.13. The third kappa shape index (κ3) is 3.50. The molecule has 0 aliphatic carbocycles. The number of benzene rings is 2. The number of amides is 1. The number of para-hydroxylation sites is 1. The molecule has 1 heterocycles. The Hall–Kier alpha value is -2.56. The maximum atomic E-state index is 12.9. The summed E-state index contributed by atoms with van der Waals surface area (Å²) in [6.07, 6.45) is -0.532. The van der Waals surface area contributed by atoms with Crippen molar-refractivity contribution < 1.29 is 18.7 Å². The first-order valence-electron chi connectivity index (χ1n) is 7.99. The van der Waals surface area contributed by atoms with E-state index in [4.69, 9.17) is 9.47 Å². The van der Waals surface area contributed by atoms with Crippen molar-refractivity contribution >= 4 is 5.91 Å². The molecule has 0 aromatic heterocycles. The highest BCUT2D eigenvalue weighted by atomic mass is 19.1. The Morgan fingerprint density at radius 3 is 2.67 bits per heavy atom. The lowest BCUT2D eigenvalue weighted by Crippen LogP contribution is -2.45. The normalized spacial score (nSPS) is 20.0. The highest BCUT2D eigenvalue weighted by molar-refractivity contribution is 5.83. The minimum absolute atomic E-state index is 0.00594. The van der Waals surface area contributed by atoms with Crippen LogP contribution in [0.2, 0.25) is 0 Å². The van der Waals surface area contributed by atoms with E-state index in [2.05, 4.69) is 5.32 Å². The topological polar surface area (TPSA) is 47.6 Å². The number of nitrogens with one attached hydrogen (secondary N) is 1. The summed E-state index contributed by atoms with van der Waals surface area (Å²) in [5.41, 5.74) is 1.05. The predicted molar refractivity (Wildman–Crippen MR) is 88.8 cm³/mol. The van der Waals surface area contributed by atoms with Crippen LogP contribution < -0.4 is 14.8 Å². The second-order valence-electron chi connectivity index (χ2n) is 6.04. The van der Waals surface area contributed by atoms with Crippen LogP contribution in [0.3, 0.4) is 0 Å². The molecule has 0 radical (unpaired) electrons. The van der Waals surface area contributed by atoms with Crippen LogP contribution in [-0.2, 0) is 4.79 Å². The van der Waals surface area contributed by atoms with E-state index in [0.29, 0.717) is 12.4 Å².